The van der Waals surface area contributed by atoms with Crippen LogP contribution in [0.4, 0.5) is 0 Å². The van der Waals surface area contributed by atoms with Crippen LogP contribution in [0.5, 0.6) is 0 Å². The minimum atomic E-state index is -0.579. The van der Waals surface area contributed by atoms with Crippen molar-refractivity contribution in [2.75, 3.05) is 26.8 Å². The van der Waals surface area contributed by atoms with Crippen molar-refractivity contribution in [1.29, 1.82) is 0 Å². The van der Waals surface area contributed by atoms with E-state index >= 15 is 0 Å². The first-order valence-corrected chi connectivity index (χ1v) is 12.4. The molecule has 3 aliphatic rings. The van der Waals surface area contributed by atoms with E-state index in [0.717, 1.165) is 44.6 Å². The molecule has 30 heavy (non-hydrogen) atoms. The van der Waals surface area contributed by atoms with Crippen LogP contribution in [0.25, 0.3) is 0 Å². The second kappa shape index (κ2) is 9.87. The molecular weight excluding hydrogens is 376 g/mol. The van der Waals surface area contributed by atoms with E-state index in [9.17, 15) is 9.90 Å². The third kappa shape index (κ3) is 5.58. The van der Waals surface area contributed by atoms with E-state index in [2.05, 4.69) is 24.5 Å². The average molecular weight is 423 g/mol. The molecule has 3 rings (SSSR count). The number of carbonyl (C=O) groups is 1. The molecule has 5 heteroatoms. The Hall–Kier alpha value is -0.650. The summed E-state index contributed by atoms with van der Waals surface area (Å²) in [6.45, 7) is 9.03. The van der Waals surface area contributed by atoms with Gasteiger partial charge in [0.1, 0.15) is 0 Å². The van der Waals surface area contributed by atoms with Gasteiger partial charge in [0, 0.05) is 26.1 Å². The highest BCUT2D eigenvalue weighted by atomic mass is 16.5. The molecule has 0 unspecified atom stereocenters. The fourth-order valence-corrected chi connectivity index (χ4v) is 6.94. The van der Waals surface area contributed by atoms with E-state index in [0.29, 0.717) is 31.5 Å². The quantitative estimate of drug-likeness (QED) is 0.491. The van der Waals surface area contributed by atoms with Crippen molar-refractivity contribution >= 4 is 5.91 Å². The Morgan fingerprint density at radius 2 is 1.83 bits per heavy atom. The highest BCUT2D eigenvalue weighted by Gasteiger charge is 2.61. The van der Waals surface area contributed by atoms with E-state index in [1.165, 1.54) is 32.1 Å². The Bertz CT molecular complexity index is 571. The van der Waals surface area contributed by atoms with Crippen LogP contribution in [0, 0.1) is 22.7 Å². The van der Waals surface area contributed by atoms with Gasteiger partial charge in [0.15, 0.2) is 0 Å². The maximum absolute atomic E-state index is 12.5. The number of carbonyl (C=O) groups excluding carboxylic acids is 1. The molecule has 174 valence electrons. The second-order valence-electron chi connectivity index (χ2n) is 11.5. The lowest BCUT2D eigenvalue weighted by atomic mass is 9.57. The maximum atomic E-state index is 12.5. The van der Waals surface area contributed by atoms with Crippen LogP contribution in [-0.4, -0.2) is 49.5 Å². The Morgan fingerprint density at radius 1 is 1.10 bits per heavy atom. The lowest BCUT2D eigenvalue weighted by Crippen LogP contribution is -2.52. The number of methoxy groups -OCH3 is 1. The van der Waals surface area contributed by atoms with Gasteiger partial charge in [-0.2, -0.15) is 0 Å². The van der Waals surface area contributed by atoms with Crippen molar-refractivity contribution in [3.63, 3.8) is 0 Å². The minimum Gasteiger partial charge on any atom is -0.390 e. The van der Waals surface area contributed by atoms with Crippen LogP contribution in [-0.2, 0) is 9.53 Å². The summed E-state index contributed by atoms with van der Waals surface area (Å²) < 4.78 is 5.06. The summed E-state index contributed by atoms with van der Waals surface area (Å²) in [6, 6.07) is 0.447. The Kier molecular flexibility index (Phi) is 7.90. The van der Waals surface area contributed by atoms with Gasteiger partial charge in [-0.15, -0.1) is 0 Å². The van der Waals surface area contributed by atoms with Crippen LogP contribution in [0.15, 0.2) is 0 Å². The molecule has 0 aliphatic heterocycles. The van der Waals surface area contributed by atoms with Gasteiger partial charge in [-0.05, 0) is 81.1 Å². The predicted molar refractivity (Wildman–Crippen MR) is 121 cm³/mol. The largest absolute Gasteiger partial charge is 0.390 e. The summed E-state index contributed by atoms with van der Waals surface area (Å²) in [4.78, 5) is 12.5. The van der Waals surface area contributed by atoms with Crippen LogP contribution < -0.4 is 10.6 Å². The van der Waals surface area contributed by atoms with Gasteiger partial charge < -0.3 is 20.5 Å². The zero-order chi connectivity index (χ0) is 21.8. The molecule has 0 aromatic carbocycles. The zero-order valence-corrected chi connectivity index (χ0v) is 19.9. The highest BCUT2D eigenvalue weighted by molar-refractivity contribution is 5.75. The molecule has 3 fully saturated rings. The van der Waals surface area contributed by atoms with Crippen molar-refractivity contribution in [2.24, 2.45) is 22.7 Å². The van der Waals surface area contributed by atoms with E-state index in [4.69, 9.17) is 4.74 Å². The van der Waals surface area contributed by atoms with Gasteiger partial charge in [0.05, 0.1) is 12.2 Å². The van der Waals surface area contributed by atoms with Gasteiger partial charge >= 0.3 is 0 Å². The normalized spacial score (nSPS) is 36.4. The maximum Gasteiger partial charge on any atom is 0.220 e. The van der Waals surface area contributed by atoms with E-state index < -0.39 is 5.60 Å². The van der Waals surface area contributed by atoms with Crippen LogP contribution >= 0.6 is 0 Å². The predicted octanol–water partition coefficient (Wildman–Crippen LogP) is 4.04. The van der Waals surface area contributed by atoms with Crippen molar-refractivity contribution in [2.45, 2.75) is 103 Å². The smallest absolute Gasteiger partial charge is 0.220 e. The highest BCUT2D eigenvalue weighted by Crippen LogP contribution is 2.63. The molecule has 4 atom stereocenters. The number of hydrogen-bond acceptors (Lipinski definition) is 4. The summed E-state index contributed by atoms with van der Waals surface area (Å²) in [5, 5.41) is 17.9. The van der Waals surface area contributed by atoms with Gasteiger partial charge in [-0.25, -0.2) is 0 Å². The number of nitrogens with one attached hydrogen (secondary N) is 2. The number of fused-ring (bicyclic) bond motifs is 1. The van der Waals surface area contributed by atoms with Gasteiger partial charge in [0.2, 0.25) is 5.91 Å². The average Bonchev–Trinajstić information content (AvgIpc) is 2.92. The van der Waals surface area contributed by atoms with E-state index in [-0.39, 0.29) is 16.7 Å². The minimum absolute atomic E-state index is 0.110. The fraction of sp³-hybridized carbons (Fsp3) is 0.960. The van der Waals surface area contributed by atoms with E-state index in [1.807, 2.05) is 6.92 Å². The molecule has 5 nitrogen and oxygen atoms in total. The Balaban J connectivity index is 1.71. The molecule has 3 aliphatic carbocycles. The number of hydrogen-bond donors (Lipinski definition) is 3. The molecule has 0 aromatic rings. The van der Waals surface area contributed by atoms with Crippen molar-refractivity contribution < 1.29 is 14.6 Å². The summed E-state index contributed by atoms with van der Waals surface area (Å²) in [5.41, 5.74) is -0.287. The topological polar surface area (TPSA) is 70.6 Å². The van der Waals surface area contributed by atoms with Gasteiger partial charge in [-0.3, -0.25) is 4.79 Å². The number of ether oxygens (including phenoxy) is 1. The van der Waals surface area contributed by atoms with Crippen molar-refractivity contribution in [3.05, 3.63) is 0 Å². The van der Waals surface area contributed by atoms with Crippen LogP contribution in [0.3, 0.4) is 0 Å². The number of aliphatic hydroxyl groups is 1. The van der Waals surface area contributed by atoms with Crippen molar-refractivity contribution in [3.8, 4) is 0 Å². The summed E-state index contributed by atoms with van der Waals surface area (Å²) in [5.74, 6) is 1.39. The summed E-state index contributed by atoms with van der Waals surface area (Å²) in [6.07, 6.45) is 12.2. The molecule has 3 saturated carbocycles. The monoisotopic (exact) mass is 422 g/mol. The first-order valence-electron chi connectivity index (χ1n) is 12.4. The molecule has 1 amide bonds. The van der Waals surface area contributed by atoms with Gasteiger partial charge in [0.25, 0.3) is 0 Å². The molecular formula is C25H46N2O3. The fourth-order valence-electron chi connectivity index (χ4n) is 6.94. The molecule has 0 saturated heterocycles. The van der Waals surface area contributed by atoms with Gasteiger partial charge in [-0.1, -0.05) is 33.1 Å². The van der Waals surface area contributed by atoms with E-state index in [1.54, 1.807) is 7.11 Å². The molecule has 0 spiro atoms. The van der Waals surface area contributed by atoms with Crippen LogP contribution in [0.2, 0.25) is 0 Å². The molecule has 3 N–H and O–H groups in total. The SMILES string of the molecule is COCCNC(=O)CC[C@]12CC[C@](C)(O)C[C@H]1C(C)(C)C[C@@H]2NCC1CCCCC1. The Labute approximate surface area is 184 Å². The third-order valence-electron chi connectivity index (χ3n) is 8.66. The third-order valence-corrected chi connectivity index (χ3v) is 8.66. The molecule has 0 aromatic heterocycles. The lowest BCUT2D eigenvalue weighted by molar-refractivity contribution is -0.123. The second-order valence-corrected chi connectivity index (χ2v) is 11.5. The Morgan fingerprint density at radius 3 is 2.53 bits per heavy atom. The molecule has 0 heterocycles. The molecule has 0 radical (unpaired) electrons. The van der Waals surface area contributed by atoms with Crippen molar-refractivity contribution in [1.82, 2.24) is 10.6 Å². The molecule has 0 bridgehead atoms. The summed E-state index contributed by atoms with van der Waals surface area (Å²) in [7, 11) is 1.66. The lowest BCUT2D eigenvalue weighted by Gasteiger charge is -2.51. The zero-order valence-electron chi connectivity index (χ0n) is 19.9. The first-order chi connectivity index (χ1) is 14.2. The number of amides is 1. The first kappa shape index (κ1) is 24.0. The summed E-state index contributed by atoms with van der Waals surface area (Å²) >= 11 is 0. The van der Waals surface area contributed by atoms with Crippen LogP contribution in [0.1, 0.15) is 91.4 Å². The standard InChI is InChI=1S/C25H46N2O3/c1-23(2)17-21(27-18-19-8-6-5-7-9-19)25(11-10-22(28)26-14-15-30-4)13-12-24(3,29)16-20(23)25/h19-21,27,29H,5-18H2,1-4H3,(H,26,28)/t20-,21-,24-,25-/m0/s1. The number of rotatable bonds is 9.